The highest BCUT2D eigenvalue weighted by molar-refractivity contribution is 5.93. The molecule has 0 spiro atoms. The number of aromatic amines is 1. The van der Waals surface area contributed by atoms with Gasteiger partial charge in [0.25, 0.3) is 0 Å². The van der Waals surface area contributed by atoms with Crippen molar-refractivity contribution in [2.45, 2.75) is 26.8 Å². The van der Waals surface area contributed by atoms with Crippen molar-refractivity contribution in [3.8, 4) is 11.4 Å². The largest absolute Gasteiger partial charge is 0.380 e. The minimum Gasteiger partial charge on any atom is -0.380 e. The zero-order valence-corrected chi connectivity index (χ0v) is 15.0. The maximum absolute atomic E-state index is 4.75. The first kappa shape index (κ1) is 16.3. The SMILES string of the molecule is CCc1c(C)nc2ccccc2c1NCc1cccc(-c2ncn[nH]2)c1. The molecule has 26 heavy (non-hydrogen) atoms. The van der Waals surface area contributed by atoms with E-state index in [0.717, 1.165) is 35.6 Å². The Morgan fingerprint density at radius 1 is 1.08 bits per heavy atom. The third-order valence-corrected chi connectivity index (χ3v) is 4.64. The van der Waals surface area contributed by atoms with Gasteiger partial charge in [0.15, 0.2) is 5.82 Å². The lowest BCUT2D eigenvalue weighted by Crippen LogP contribution is -2.06. The number of para-hydroxylation sites is 1. The third kappa shape index (κ3) is 3.04. The second kappa shape index (κ2) is 6.96. The molecule has 4 rings (SSSR count). The van der Waals surface area contributed by atoms with Gasteiger partial charge in [-0.05, 0) is 36.6 Å². The average molecular weight is 343 g/mol. The molecule has 0 aliphatic rings. The quantitative estimate of drug-likeness (QED) is 0.560. The van der Waals surface area contributed by atoms with E-state index in [9.17, 15) is 0 Å². The summed E-state index contributed by atoms with van der Waals surface area (Å²) in [5, 5.41) is 11.7. The number of benzene rings is 2. The van der Waals surface area contributed by atoms with Crippen LogP contribution in [0.3, 0.4) is 0 Å². The van der Waals surface area contributed by atoms with E-state index < -0.39 is 0 Å². The minimum atomic E-state index is 0.739. The number of nitrogens with zero attached hydrogens (tertiary/aromatic N) is 3. The van der Waals surface area contributed by atoms with E-state index in [-0.39, 0.29) is 0 Å². The molecule has 0 aliphatic heterocycles. The molecule has 5 heteroatoms. The Balaban J connectivity index is 1.67. The first-order chi connectivity index (χ1) is 12.8. The minimum absolute atomic E-state index is 0.739. The summed E-state index contributed by atoms with van der Waals surface area (Å²) in [5.41, 5.74) is 6.80. The fourth-order valence-corrected chi connectivity index (χ4v) is 3.37. The van der Waals surface area contributed by atoms with Crippen LogP contribution in [-0.4, -0.2) is 20.2 Å². The Bertz CT molecular complexity index is 1040. The first-order valence-electron chi connectivity index (χ1n) is 8.83. The summed E-state index contributed by atoms with van der Waals surface area (Å²) in [6, 6.07) is 16.6. The van der Waals surface area contributed by atoms with Crippen LogP contribution in [0.5, 0.6) is 0 Å². The molecule has 0 saturated heterocycles. The molecule has 0 aliphatic carbocycles. The van der Waals surface area contributed by atoms with Gasteiger partial charge in [0, 0.05) is 28.9 Å². The van der Waals surface area contributed by atoms with Crippen LogP contribution >= 0.6 is 0 Å². The van der Waals surface area contributed by atoms with Crippen molar-refractivity contribution in [1.82, 2.24) is 20.2 Å². The molecule has 0 amide bonds. The van der Waals surface area contributed by atoms with Gasteiger partial charge in [0.2, 0.25) is 0 Å². The van der Waals surface area contributed by atoms with Gasteiger partial charge in [-0.2, -0.15) is 5.10 Å². The van der Waals surface area contributed by atoms with Gasteiger partial charge in [-0.3, -0.25) is 10.1 Å². The van der Waals surface area contributed by atoms with Crippen molar-refractivity contribution < 1.29 is 0 Å². The molecule has 2 aromatic carbocycles. The maximum atomic E-state index is 4.75. The van der Waals surface area contributed by atoms with Crippen LogP contribution in [0.25, 0.3) is 22.3 Å². The lowest BCUT2D eigenvalue weighted by Gasteiger charge is -2.16. The van der Waals surface area contributed by atoms with Gasteiger partial charge in [-0.1, -0.05) is 43.3 Å². The van der Waals surface area contributed by atoms with Crippen molar-refractivity contribution in [2.24, 2.45) is 0 Å². The number of hydrogen-bond donors (Lipinski definition) is 2. The van der Waals surface area contributed by atoms with E-state index in [1.165, 1.54) is 28.5 Å². The molecule has 2 N–H and O–H groups in total. The van der Waals surface area contributed by atoms with Crippen LogP contribution < -0.4 is 5.32 Å². The Labute approximate surface area is 152 Å². The number of anilines is 1. The number of pyridine rings is 1. The van der Waals surface area contributed by atoms with Crippen molar-refractivity contribution in [3.63, 3.8) is 0 Å². The van der Waals surface area contributed by atoms with Gasteiger partial charge in [0.05, 0.1) is 5.52 Å². The highest BCUT2D eigenvalue weighted by Crippen LogP contribution is 2.29. The molecule has 2 aromatic heterocycles. The second-order valence-electron chi connectivity index (χ2n) is 6.31. The van der Waals surface area contributed by atoms with Crippen LogP contribution in [0.1, 0.15) is 23.7 Å². The van der Waals surface area contributed by atoms with E-state index in [4.69, 9.17) is 4.98 Å². The smallest absolute Gasteiger partial charge is 0.155 e. The van der Waals surface area contributed by atoms with Gasteiger partial charge < -0.3 is 5.32 Å². The summed E-state index contributed by atoms with van der Waals surface area (Å²) in [4.78, 5) is 8.98. The predicted octanol–water partition coefficient (Wildman–Crippen LogP) is 4.50. The van der Waals surface area contributed by atoms with E-state index >= 15 is 0 Å². The number of nitrogens with one attached hydrogen (secondary N) is 2. The van der Waals surface area contributed by atoms with Crippen LogP contribution in [-0.2, 0) is 13.0 Å². The van der Waals surface area contributed by atoms with Crippen molar-refractivity contribution in [1.29, 1.82) is 0 Å². The van der Waals surface area contributed by atoms with Crippen LogP contribution in [0.4, 0.5) is 5.69 Å². The lowest BCUT2D eigenvalue weighted by molar-refractivity contribution is 1.05. The molecule has 4 aromatic rings. The van der Waals surface area contributed by atoms with Crippen LogP contribution in [0.15, 0.2) is 54.9 Å². The summed E-state index contributed by atoms with van der Waals surface area (Å²) in [5.74, 6) is 0.784. The monoisotopic (exact) mass is 343 g/mol. The lowest BCUT2D eigenvalue weighted by atomic mass is 10.0. The molecule has 2 heterocycles. The molecule has 0 unspecified atom stereocenters. The molecule has 0 bridgehead atoms. The molecule has 0 saturated carbocycles. The highest BCUT2D eigenvalue weighted by Gasteiger charge is 2.11. The predicted molar refractivity (Wildman–Crippen MR) is 105 cm³/mol. The maximum Gasteiger partial charge on any atom is 0.155 e. The van der Waals surface area contributed by atoms with Crippen molar-refractivity contribution in [2.75, 3.05) is 5.32 Å². The second-order valence-corrected chi connectivity index (χ2v) is 6.31. The summed E-state index contributed by atoms with van der Waals surface area (Å²) < 4.78 is 0. The van der Waals surface area contributed by atoms with E-state index in [0.29, 0.717) is 0 Å². The number of H-pyrrole nitrogens is 1. The number of aryl methyl sites for hydroxylation is 1. The molecule has 0 fully saturated rings. The zero-order chi connectivity index (χ0) is 17.9. The number of fused-ring (bicyclic) bond motifs is 1. The summed E-state index contributed by atoms with van der Waals surface area (Å²) >= 11 is 0. The standard InChI is InChI=1S/C21H21N5/c1-3-17-14(2)25-19-10-5-4-9-18(19)20(17)22-12-15-7-6-8-16(11-15)21-23-13-24-26-21/h4-11,13H,3,12H2,1-2H3,(H,22,25)(H,23,24,26). The van der Waals surface area contributed by atoms with Gasteiger partial charge in [-0.15, -0.1) is 0 Å². The Kier molecular flexibility index (Phi) is 4.35. The fraction of sp³-hybridized carbons (Fsp3) is 0.190. The first-order valence-corrected chi connectivity index (χ1v) is 8.83. The normalized spacial score (nSPS) is 11.0. The summed E-state index contributed by atoms with van der Waals surface area (Å²) in [6.45, 7) is 5.00. The number of hydrogen-bond acceptors (Lipinski definition) is 4. The van der Waals surface area contributed by atoms with Gasteiger partial charge in [-0.25, -0.2) is 4.98 Å². The highest BCUT2D eigenvalue weighted by atomic mass is 15.2. The molecule has 0 radical (unpaired) electrons. The average Bonchev–Trinajstić information content (AvgIpc) is 3.21. The topological polar surface area (TPSA) is 66.5 Å². The molecular formula is C21H21N5. The molecule has 130 valence electrons. The summed E-state index contributed by atoms with van der Waals surface area (Å²) in [7, 11) is 0. The van der Waals surface area contributed by atoms with Crippen molar-refractivity contribution >= 4 is 16.6 Å². The fourth-order valence-electron chi connectivity index (χ4n) is 3.37. The van der Waals surface area contributed by atoms with Gasteiger partial charge >= 0.3 is 0 Å². The Morgan fingerprint density at radius 3 is 2.77 bits per heavy atom. The summed E-state index contributed by atoms with van der Waals surface area (Å²) in [6.07, 6.45) is 2.48. The van der Waals surface area contributed by atoms with E-state index in [2.05, 4.69) is 64.7 Å². The molecular weight excluding hydrogens is 322 g/mol. The number of rotatable bonds is 5. The van der Waals surface area contributed by atoms with Crippen molar-refractivity contribution in [3.05, 3.63) is 71.7 Å². The van der Waals surface area contributed by atoms with Crippen LogP contribution in [0, 0.1) is 6.92 Å². The Morgan fingerprint density at radius 2 is 1.96 bits per heavy atom. The Hall–Kier alpha value is -3.21. The van der Waals surface area contributed by atoms with Gasteiger partial charge in [0.1, 0.15) is 6.33 Å². The number of aromatic nitrogens is 4. The molecule has 5 nitrogen and oxygen atoms in total. The van der Waals surface area contributed by atoms with E-state index in [1.54, 1.807) is 0 Å². The zero-order valence-electron chi connectivity index (χ0n) is 15.0. The molecule has 0 atom stereocenters. The third-order valence-electron chi connectivity index (χ3n) is 4.64. The van der Waals surface area contributed by atoms with E-state index in [1.807, 2.05) is 18.2 Å². The van der Waals surface area contributed by atoms with Crippen LogP contribution in [0.2, 0.25) is 0 Å².